The monoisotopic (exact) mass is 271 g/mol. The number of phosphoric acid groups is 1. The van der Waals surface area contributed by atoms with E-state index in [1.807, 2.05) is 0 Å². The standard InChI is InChI=1S/C4H9N3O2.Ca.H3O4P.2H/c1-7(4(5)6)2-3(8)9;;1-5(2,3)4;;/h2H2,1H3,(H3,5,6)(H,8,9);;(H3,1,2,3,4);;. The van der Waals surface area contributed by atoms with Crippen LogP contribution in [0.1, 0.15) is 0 Å². The molecule has 11 heteroatoms. The first-order valence-electron chi connectivity index (χ1n) is 3.09. The fourth-order valence-electron chi connectivity index (χ4n) is 0.288. The molecule has 0 aromatic heterocycles. The van der Waals surface area contributed by atoms with Gasteiger partial charge in [0, 0.05) is 7.05 Å². The van der Waals surface area contributed by atoms with Gasteiger partial charge in [0.25, 0.3) is 0 Å². The zero-order chi connectivity index (χ0) is 11.9. The number of nitrogens with one attached hydrogen (secondary N) is 1. The summed E-state index contributed by atoms with van der Waals surface area (Å²) in [6, 6.07) is 0. The van der Waals surface area contributed by atoms with Crippen LogP contribution in [0, 0.1) is 5.41 Å². The van der Waals surface area contributed by atoms with E-state index >= 15 is 0 Å². The molecule has 0 unspecified atom stereocenters. The quantitative estimate of drug-likeness (QED) is 0.134. The number of carboxylic acid groups (broad SMARTS) is 1. The first kappa shape index (κ1) is 20.5. The summed E-state index contributed by atoms with van der Waals surface area (Å²) in [7, 11) is -3.20. The van der Waals surface area contributed by atoms with Crippen molar-refractivity contribution in [3.05, 3.63) is 0 Å². The van der Waals surface area contributed by atoms with Crippen molar-refractivity contribution in [2.75, 3.05) is 13.6 Å². The molecule has 0 rings (SSSR count). The molecule has 9 nitrogen and oxygen atoms in total. The van der Waals surface area contributed by atoms with Crippen molar-refractivity contribution in [2.24, 2.45) is 5.73 Å². The van der Waals surface area contributed by atoms with Gasteiger partial charge in [-0.15, -0.1) is 0 Å². The van der Waals surface area contributed by atoms with E-state index in [9.17, 15) is 4.79 Å². The van der Waals surface area contributed by atoms with E-state index < -0.39 is 13.8 Å². The van der Waals surface area contributed by atoms with Crippen molar-refractivity contribution in [1.82, 2.24) is 4.90 Å². The van der Waals surface area contributed by atoms with Gasteiger partial charge >= 0.3 is 51.5 Å². The Kier molecular flexibility index (Phi) is 12.8. The molecular weight excluding hydrogens is 257 g/mol. The first-order chi connectivity index (χ1) is 6.04. The number of likely N-dealkylation sites (N-methyl/N-ethyl adjacent to an activating group) is 1. The van der Waals surface area contributed by atoms with E-state index in [1.165, 1.54) is 7.05 Å². The summed E-state index contributed by atoms with van der Waals surface area (Å²) in [6.07, 6.45) is 0. The molecule has 0 aliphatic carbocycles. The molecular formula is C4H14CaN3O6P. The number of nitrogens with two attached hydrogens (primary N) is 1. The molecule has 0 aliphatic heterocycles. The van der Waals surface area contributed by atoms with Crippen LogP contribution in [-0.4, -0.2) is 87.9 Å². The average molecular weight is 271 g/mol. The minimum absolute atomic E-state index is 0. The molecule has 0 atom stereocenters. The van der Waals surface area contributed by atoms with Gasteiger partial charge in [-0.3, -0.25) is 10.2 Å². The van der Waals surface area contributed by atoms with Gasteiger partial charge < -0.3 is 30.4 Å². The van der Waals surface area contributed by atoms with Gasteiger partial charge in [0.2, 0.25) is 0 Å². The number of hydrogen-bond donors (Lipinski definition) is 6. The molecule has 0 heterocycles. The van der Waals surface area contributed by atoms with Gasteiger partial charge in [-0.1, -0.05) is 0 Å². The van der Waals surface area contributed by atoms with E-state index in [0.717, 1.165) is 4.90 Å². The Morgan fingerprint density at radius 1 is 1.47 bits per heavy atom. The molecule has 7 N–H and O–H groups in total. The Balaban J connectivity index is -0.000000208. The number of carboxylic acids is 1. The number of nitrogens with zero attached hydrogens (tertiary/aromatic N) is 1. The van der Waals surface area contributed by atoms with Crippen molar-refractivity contribution in [3.63, 3.8) is 0 Å². The molecule has 0 saturated heterocycles. The third kappa shape index (κ3) is 31.5. The van der Waals surface area contributed by atoms with E-state index in [1.54, 1.807) is 0 Å². The average Bonchev–Trinajstić information content (AvgIpc) is 1.80. The Morgan fingerprint density at radius 3 is 1.80 bits per heavy atom. The van der Waals surface area contributed by atoms with Crippen molar-refractivity contribution in [2.45, 2.75) is 0 Å². The second-order valence-corrected chi connectivity index (χ2v) is 3.17. The van der Waals surface area contributed by atoms with Crippen molar-refractivity contribution < 1.29 is 29.1 Å². The molecule has 15 heavy (non-hydrogen) atoms. The summed E-state index contributed by atoms with van der Waals surface area (Å²) < 4.78 is 8.88. The van der Waals surface area contributed by atoms with Crippen molar-refractivity contribution in [1.29, 1.82) is 5.41 Å². The van der Waals surface area contributed by atoms with Crippen LogP contribution in [0.5, 0.6) is 0 Å². The van der Waals surface area contributed by atoms with Crippen LogP contribution in [0.15, 0.2) is 0 Å². The van der Waals surface area contributed by atoms with Crippen LogP contribution >= 0.6 is 7.82 Å². The van der Waals surface area contributed by atoms with Gasteiger partial charge in [-0.25, -0.2) is 4.57 Å². The van der Waals surface area contributed by atoms with E-state index in [-0.39, 0.29) is 50.2 Å². The van der Waals surface area contributed by atoms with Gasteiger partial charge in [-0.2, -0.15) is 0 Å². The van der Waals surface area contributed by atoms with Crippen molar-refractivity contribution >= 4 is 57.5 Å². The molecule has 0 fully saturated rings. The number of hydrogen-bond acceptors (Lipinski definition) is 3. The predicted molar refractivity (Wildman–Crippen MR) is 55.0 cm³/mol. The Hall–Kier alpha value is 0.110. The van der Waals surface area contributed by atoms with Gasteiger partial charge in [0.05, 0.1) is 0 Å². The molecule has 0 amide bonds. The SMILES string of the molecule is CN(CC(=O)O)C(=N)N.O=P(O)(O)O.[CaH2]. The fourth-order valence-corrected chi connectivity index (χ4v) is 0.288. The minimum atomic E-state index is -4.64. The molecule has 88 valence electrons. The molecule has 0 aromatic rings. The summed E-state index contributed by atoms with van der Waals surface area (Å²) in [5, 5.41) is 14.9. The van der Waals surface area contributed by atoms with Crippen LogP contribution in [0.4, 0.5) is 0 Å². The predicted octanol–water partition coefficient (Wildman–Crippen LogP) is -2.95. The molecule has 0 spiro atoms. The molecule has 0 aromatic carbocycles. The van der Waals surface area contributed by atoms with Gasteiger partial charge in [0.15, 0.2) is 5.96 Å². The Bertz CT molecular complexity index is 246. The maximum absolute atomic E-state index is 9.92. The van der Waals surface area contributed by atoms with E-state index in [4.69, 9.17) is 35.5 Å². The first-order valence-corrected chi connectivity index (χ1v) is 4.65. The normalized spacial score (nSPS) is 9.07. The molecule has 0 bridgehead atoms. The van der Waals surface area contributed by atoms with Crippen LogP contribution in [0.2, 0.25) is 0 Å². The second kappa shape index (κ2) is 9.34. The molecule has 0 radical (unpaired) electrons. The number of rotatable bonds is 2. The van der Waals surface area contributed by atoms with Crippen molar-refractivity contribution in [3.8, 4) is 0 Å². The van der Waals surface area contributed by atoms with E-state index in [2.05, 4.69) is 0 Å². The third-order valence-electron chi connectivity index (χ3n) is 0.784. The van der Waals surface area contributed by atoms with E-state index in [0.29, 0.717) is 0 Å². The molecule has 0 saturated carbocycles. The van der Waals surface area contributed by atoms with Crippen LogP contribution < -0.4 is 5.73 Å². The third-order valence-corrected chi connectivity index (χ3v) is 0.784. The summed E-state index contributed by atoms with van der Waals surface area (Å²) in [5.74, 6) is -1.23. The zero-order valence-corrected chi connectivity index (χ0v) is 8.18. The van der Waals surface area contributed by atoms with Gasteiger partial charge in [-0.05, 0) is 0 Å². The summed E-state index contributed by atoms with van der Waals surface area (Å²) in [6.45, 7) is -0.227. The zero-order valence-electron chi connectivity index (χ0n) is 7.28. The molecule has 0 aliphatic rings. The number of carbonyl (C=O) groups is 1. The van der Waals surface area contributed by atoms with Crippen LogP contribution in [0.3, 0.4) is 0 Å². The number of aliphatic carboxylic acids is 1. The Morgan fingerprint density at radius 2 is 1.73 bits per heavy atom. The summed E-state index contributed by atoms with van der Waals surface area (Å²) in [4.78, 5) is 32.6. The summed E-state index contributed by atoms with van der Waals surface area (Å²) >= 11 is 0. The summed E-state index contributed by atoms with van der Waals surface area (Å²) in [5.41, 5.74) is 4.93. The maximum atomic E-state index is 9.92. The van der Waals surface area contributed by atoms with Crippen LogP contribution in [-0.2, 0) is 9.36 Å². The topological polar surface area (TPSA) is 168 Å². The van der Waals surface area contributed by atoms with Gasteiger partial charge in [0.1, 0.15) is 6.54 Å². The Labute approximate surface area is 116 Å². The number of guanidine groups is 1. The second-order valence-electron chi connectivity index (χ2n) is 2.15. The van der Waals surface area contributed by atoms with Crippen LogP contribution in [0.25, 0.3) is 0 Å². The fraction of sp³-hybridized carbons (Fsp3) is 0.500.